The van der Waals surface area contributed by atoms with E-state index in [1.807, 2.05) is 0 Å². The summed E-state index contributed by atoms with van der Waals surface area (Å²) in [7, 11) is 1.75. The van der Waals surface area contributed by atoms with Crippen LogP contribution in [0.15, 0.2) is 22.7 Å². The Balaban J connectivity index is 2.32. The Morgan fingerprint density at radius 1 is 1.53 bits per heavy atom. The molecule has 0 amide bonds. The van der Waals surface area contributed by atoms with Crippen molar-refractivity contribution < 1.29 is 4.39 Å². The van der Waals surface area contributed by atoms with Crippen LogP contribution in [0.25, 0.3) is 0 Å². The molecule has 78 valence electrons. The number of nitrogens with zero attached hydrogens (tertiary/aromatic N) is 5. The molecule has 2 rings (SSSR count). The Hall–Kier alpha value is -1.21. The van der Waals surface area contributed by atoms with Crippen molar-refractivity contribution in [1.29, 1.82) is 0 Å². The quantitative estimate of drug-likeness (QED) is 0.594. The van der Waals surface area contributed by atoms with Gasteiger partial charge in [0.15, 0.2) is 11.0 Å². The lowest BCUT2D eigenvalue weighted by Gasteiger charge is -2.00. The average molecular weight is 246 g/mol. The largest absolute Gasteiger partial charge is 0.311 e. The molecule has 8 heteroatoms. The maximum absolute atomic E-state index is 13.2. The molecule has 0 saturated carbocycles. The average Bonchev–Trinajstić information content (AvgIpc) is 2.58. The summed E-state index contributed by atoms with van der Waals surface area (Å²) >= 11 is 6.59. The molecule has 0 aliphatic rings. The lowest BCUT2D eigenvalue weighted by atomic mass is 10.6. The first kappa shape index (κ1) is 10.3. The zero-order valence-corrected chi connectivity index (χ0v) is 9.13. The smallest absolute Gasteiger partial charge is 0.223 e. The van der Waals surface area contributed by atoms with Crippen LogP contribution in [0.3, 0.4) is 0 Å². The molecule has 0 aliphatic heterocycles. The third-order valence-electron chi connectivity index (χ3n) is 1.54. The molecule has 0 unspecified atom stereocenters. The Kier molecular flexibility index (Phi) is 2.83. The van der Waals surface area contributed by atoms with Crippen molar-refractivity contribution >= 4 is 23.4 Å². The maximum atomic E-state index is 13.2. The van der Waals surface area contributed by atoms with Gasteiger partial charge < -0.3 is 4.57 Å². The molecule has 0 saturated heterocycles. The highest BCUT2D eigenvalue weighted by Gasteiger charge is 2.11. The van der Waals surface area contributed by atoms with Gasteiger partial charge in [-0.25, -0.2) is 14.4 Å². The molecular formula is C7H5ClFN5S. The maximum Gasteiger partial charge on any atom is 0.223 e. The number of aryl methyl sites for hydroxylation is 1. The van der Waals surface area contributed by atoms with E-state index in [-0.39, 0.29) is 10.3 Å². The van der Waals surface area contributed by atoms with Gasteiger partial charge in [0, 0.05) is 7.05 Å². The number of halogens is 2. The third-order valence-corrected chi connectivity index (χ3v) is 2.75. The van der Waals surface area contributed by atoms with E-state index in [9.17, 15) is 4.39 Å². The lowest BCUT2D eigenvalue weighted by Crippen LogP contribution is -1.94. The zero-order chi connectivity index (χ0) is 10.8. The molecule has 0 N–H and O–H groups in total. The van der Waals surface area contributed by atoms with Gasteiger partial charge in [0.1, 0.15) is 11.4 Å². The zero-order valence-electron chi connectivity index (χ0n) is 7.55. The highest BCUT2D eigenvalue weighted by atomic mass is 35.5. The second-order valence-electron chi connectivity index (χ2n) is 2.62. The Bertz CT molecular complexity index is 488. The Labute approximate surface area is 93.7 Å². The topological polar surface area (TPSA) is 56.5 Å². The summed E-state index contributed by atoms with van der Waals surface area (Å²) in [5.74, 6) is -0.535. The van der Waals surface area contributed by atoms with Crippen molar-refractivity contribution in [3.05, 3.63) is 23.6 Å². The monoisotopic (exact) mass is 245 g/mol. The number of rotatable bonds is 2. The molecule has 5 nitrogen and oxygen atoms in total. The SMILES string of the molecule is Cn1cnnc1Sc1nc(Cl)ncc1F. The van der Waals surface area contributed by atoms with Crippen LogP contribution >= 0.6 is 23.4 Å². The van der Waals surface area contributed by atoms with E-state index >= 15 is 0 Å². The first-order valence-electron chi connectivity index (χ1n) is 3.86. The van der Waals surface area contributed by atoms with Crippen molar-refractivity contribution in [3.8, 4) is 0 Å². The molecule has 0 bridgehead atoms. The third kappa shape index (κ3) is 2.24. The Morgan fingerprint density at radius 3 is 3.00 bits per heavy atom. The van der Waals surface area contributed by atoms with E-state index in [0.717, 1.165) is 18.0 Å². The van der Waals surface area contributed by atoms with Crippen LogP contribution in [0, 0.1) is 5.82 Å². The fourth-order valence-corrected chi connectivity index (χ4v) is 1.77. The molecule has 15 heavy (non-hydrogen) atoms. The first-order valence-corrected chi connectivity index (χ1v) is 5.06. The summed E-state index contributed by atoms with van der Waals surface area (Å²) < 4.78 is 14.9. The summed E-state index contributed by atoms with van der Waals surface area (Å²) in [6, 6.07) is 0. The minimum atomic E-state index is -0.535. The normalized spacial score (nSPS) is 10.6. The van der Waals surface area contributed by atoms with E-state index in [1.165, 1.54) is 6.33 Å². The highest BCUT2D eigenvalue weighted by Crippen LogP contribution is 2.26. The summed E-state index contributed by atoms with van der Waals surface area (Å²) in [4.78, 5) is 7.26. The number of hydrogen-bond donors (Lipinski definition) is 0. The van der Waals surface area contributed by atoms with Gasteiger partial charge in [-0.05, 0) is 23.4 Å². The van der Waals surface area contributed by atoms with Crippen molar-refractivity contribution in [2.75, 3.05) is 0 Å². The predicted octanol–water partition coefficient (Wildman–Crippen LogP) is 1.55. The number of aromatic nitrogens is 5. The van der Waals surface area contributed by atoms with Gasteiger partial charge >= 0.3 is 0 Å². The van der Waals surface area contributed by atoms with Crippen LogP contribution in [0.5, 0.6) is 0 Å². The van der Waals surface area contributed by atoms with Gasteiger partial charge in [-0.3, -0.25) is 0 Å². The van der Waals surface area contributed by atoms with Crippen LogP contribution in [-0.4, -0.2) is 24.7 Å². The Morgan fingerprint density at radius 2 is 2.33 bits per heavy atom. The van der Waals surface area contributed by atoms with Crippen LogP contribution in [0.2, 0.25) is 5.28 Å². The minimum absolute atomic E-state index is 0.000989. The first-order chi connectivity index (χ1) is 7.16. The molecule has 2 aromatic heterocycles. The molecular weight excluding hydrogens is 241 g/mol. The summed E-state index contributed by atoms with van der Waals surface area (Å²) in [6.45, 7) is 0. The van der Waals surface area contributed by atoms with Gasteiger partial charge in [-0.2, -0.15) is 0 Å². The van der Waals surface area contributed by atoms with Crippen LogP contribution in [0.4, 0.5) is 4.39 Å². The summed E-state index contributed by atoms with van der Waals surface area (Å²) in [5.41, 5.74) is 0. The van der Waals surface area contributed by atoms with Crippen molar-refractivity contribution in [2.45, 2.75) is 10.2 Å². The second-order valence-corrected chi connectivity index (χ2v) is 3.91. The van der Waals surface area contributed by atoms with Gasteiger partial charge in [-0.15, -0.1) is 10.2 Å². The fourth-order valence-electron chi connectivity index (χ4n) is 0.854. The predicted molar refractivity (Wildman–Crippen MR) is 52.1 cm³/mol. The van der Waals surface area contributed by atoms with Crippen molar-refractivity contribution in [1.82, 2.24) is 24.7 Å². The van der Waals surface area contributed by atoms with Crippen LogP contribution in [0.1, 0.15) is 0 Å². The van der Waals surface area contributed by atoms with E-state index in [1.54, 1.807) is 11.6 Å². The molecule has 0 aliphatic carbocycles. The summed E-state index contributed by atoms with van der Waals surface area (Å²) in [6.07, 6.45) is 2.54. The molecule has 2 aromatic rings. The molecule has 2 heterocycles. The van der Waals surface area contributed by atoms with E-state index < -0.39 is 5.82 Å². The van der Waals surface area contributed by atoms with E-state index in [4.69, 9.17) is 11.6 Å². The molecule has 0 fully saturated rings. The van der Waals surface area contributed by atoms with Crippen LogP contribution < -0.4 is 0 Å². The van der Waals surface area contributed by atoms with Gasteiger partial charge in [-0.1, -0.05) is 0 Å². The molecule has 0 spiro atoms. The summed E-state index contributed by atoms with van der Waals surface area (Å²) in [5, 5.41) is 8.11. The highest BCUT2D eigenvalue weighted by molar-refractivity contribution is 7.99. The van der Waals surface area contributed by atoms with Crippen molar-refractivity contribution in [3.63, 3.8) is 0 Å². The van der Waals surface area contributed by atoms with Crippen molar-refractivity contribution in [2.24, 2.45) is 7.05 Å². The van der Waals surface area contributed by atoms with Crippen LogP contribution in [-0.2, 0) is 7.05 Å². The second kappa shape index (κ2) is 4.11. The molecule has 0 atom stereocenters. The van der Waals surface area contributed by atoms with Gasteiger partial charge in [0.25, 0.3) is 0 Å². The standard InChI is InChI=1S/C7H5ClFN5S/c1-14-3-11-13-7(14)15-5-4(9)2-10-6(8)12-5/h2-3H,1H3. The van der Waals surface area contributed by atoms with E-state index in [2.05, 4.69) is 20.2 Å². The van der Waals surface area contributed by atoms with Gasteiger partial charge in [0.05, 0.1) is 6.20 Å². The van der Waals surface area contributed by atoms with E-state index in [0.29, 0.717) is 5.16 Å². The molecule has 0 radical (unpaired) electrons. The lowest BCUT2D eigenvalue weighted by molar-refractivity contribution is 0.578. The van der Waals surface area contributed by atoms with Gasteiger partial charge in [0.2, 0.25) is 5.28 Å². The fraction of sp³-hybridized carbons (Fsp3) is 0.143. The minimum Gasteiger partial charge on any atom is -0.311 e. The number of hydrogen-bond acceptors (Lipinski definition) is 5. The molecule has 0 aromatic carbocycles.